The first-order valence-electron chi connectivity index (χ1n) is 8.43. The second kappa shape index (κ2) is 10.8. The van der Waals surface area contributed by atoms with Gasteiger partial charge in [0.05, 0.1) is 25.2 Å². The largest absolute Gasteiger partial charge is 0.469 e. The average Bonchev–Trinajstić information content (AvgIpc) is 2.48. The summed E-state index contributed by atoms with van der Waals surface area (Å²) in [5.41, 5.74) is -0.851. The van der Waals surface area contributed by atoms with E-state index in [-0.39, 0.29) is 12.3 Å². The van der Waals surface area contributed by atoms with E-state index in [1.54, 1.807) is 0 Å². The van der Waals surface area contributed by atoms with E-state index in [4.69, 9.17) is 0 Å². The highest BCUT2D eigenvalue weighted by molar-refractivity contribution is 5.69. The Morgan fingerprint density at radius 2 is 1.86 bits per heavy atom. The van der Waals surface area contributed by atoms with Crippen LogP contribution in [0.4, 0.5) is 0 Å². The van der Waals surface area contributed by atoms with Crippen molar-refractivity contribution in [3.63, 3.8) is 0 Å². The van der Waals surface area contributed by atoms with Crippen molar-refractivity contribution < 1.29 is 19.7 Å². The van der Waals surface area contributed by atoms with Gasteiger partial charge in [-0.25, -0.2) is 0 Å². The van der Waals surface area contributed by atoms with Gasteiger partial charge >= 0.3 is 5.97 Å². The lowest BCUT2D eigenvalue weighted by atomic mass is 9.80. The highest BCUT2D eigenvalue weighted by atomic mass is 16.5. The van der Waals surface area contributed by atoms with Crippen molar-refractivity contribution in [3.05, 3.63) is 12.2 Å². The fourth-order valence-electron chi connectivity index (χ4n) is 2.86. The minimum absolute atomic E-state index is 0.0158. The Morgan fingerprint density at radius 3 is 2.32 bits per heavy atom. The van der Waals surface area contributed by atoms with E-state index in [1.807, 2.05) is 13.8 Å². The van der Waals surface area contributed by atoms with Gasteiger partial charge in [-0.1, -0.05) is 39.3 Å². The topological polar surface area (TPSA) is 66.8 Å². The standard InChI is InChI=1S/C18H34O4/c1-6-9-10-14(7-2)12-18(4,21)13-15(8-3)16(19)11-17(20)22-5/h9-10,14-16,19,21H,6-8,11-13H2,1-5H3/b10-9+/t14-,15+,16-,18-/m0/s1. The monoisotopic (exact) mass is 314 g/mol. The number of hydrogen-bond acceptors (Lipinski definition) is 4. The van der Waals surface area contributed by atoms with Gasteiger partial charge in [0.2, 0.25) is 0 Å². The summed E-state index contributed by atoms with van der Waals surface area (Å²) in [6.45, 7) is 8.00. The lowest BCUT2D eigenvalue weighted by molar-refractivity contribution is -0.144. The van der Waals surface area contributed by atoms with E-state index in [2.05, 4.69) is 30.7 Å². The van der Waals surface area contributed by atoms with Crippen molar-refractivity contribution in [1.29, 1.82) is 0 Å². The van der Waals surface area contributed by atoms with E-state index in [0.717, 1.165) is 19.3 Å². The number of carbonyl (C=O) groups is 1. The van der Waals surface area contributed by atoms with Crippen LogP contribution in [0.2, 0.25) is 0 Å². The second-order valence-corrected chi connectivity index (χ2v) is 6.43. The van der Waals surface area contributed by atoms with Gasteiger partial charge in [-0.2, -0.15) is 0 Å². The van der Waals surface area contributed by atoms with Crippen LogP contribution in [0, 0.1) is 11.8 Å². The molecule has 0 spiro atoms. The summed E-state index contributed by atoms with van der Waals surface area (Å²) in [6, 6.07) is 0. The van der Waals surface area contributed by atoms with Crippen LogP contribution in [0.5, 0.6) is 0 Å². The van der Waals surface area contributed by atoms with Gasteiger partial charge in [-0.05, 0) is 44.4 Å². The molecule has 0 aromatic rings. The van der Waals surface area contributed by atoms with E-state index >= 15 is 0 Å². The van der Waals surface area contributed by atoms with Crippen LogP contribution in [0.15, 0.2) is 12.2 Å². The number of carbonyl (C=O) groups excluding carboxylic acids is 1. The molecule has 4 heteroatoms. The van der Waals surface area contributed by atoms with Crippen LogP contribution < -0.4 is 0 Å². The van der Waals surface area contributed by atoms with Crippen molar-refractivity contribution in [2.75, 3.05) is 7.11 Å². The summed E-state index contributed by atoms with van der Waals surface area (Å²) in [6.07, 6.45) is 7.36. The Kier molecular flexibility index (Phi) is 10.4. The highest BCUT2D eigenvalue weighted by Crippen LogP contribution is 2.30. The van der Waals surface area contributed by atoms with Gasteiger partial charge < -0.3 is 14.9 Å². The van der Waals surface area contributed by atoms with Crippen LogP contribution in [-0.4, -0.2) is 35.0 Å². The molecular formula is C18H34O4. The van der Waals surface area contributed by atoms with Gasteiger partial charge in [0.25, 0.3) is 0 Å². The maximum Gasteiger partial charge on any atom is 0.308 e. The Hall–Kier alpha value is -0.870. The third-order valence-corrected chi connectivity index (χ3v) is 4.24. The first kappa shape index (κ1) is 21.1. The smallest absolute Gasteiger partial charge is 0.308 e. The van der Waals surface area contributed by atoms with Crippen molar-refractivity contribution in [2.45, 2.75) is 77.9 Å². The predicted octanol–water partition coefficient (Wildman–Crippen LogP) is 3.46. The number of rotatable bonds is 11. The maximum absolute atomic E-state index is 11.3. The fraction of sp³-hybridized carbons (Fsp3) is 0.833. The van der Waals surface area contributed by atoms with Gasteiger partial charge in [-0.3, -0.25) is 4.79 Å². The quantitative estimate of drug-likeness (QED) is 0.453. The van der Waals surface area contributed by atoms with E-state index in [9.17, 15) is 15.0 Å². The molecule has 4 nitrogen and oxygen atoms in total. The Labute approximate surface area is 135 Å². The third kappa shape index (κ3) is 8.54. The molecule has 0 saturated carbocycles. The zero-order valence-electron chi connectivity index (χ0n) is 14.8. The molecule has 0 rings (SSSR count). The number of allylic oxidation sites excluding steroid dienone is 2. The molecule has 0 amide bonds. The summed E-state index contributed by atoms with van der Waals surface area (Å²) >= 11 is 0. The Balaban J connectivity index is 4.68. The molecular weight excluding hydrogens is 280 g/mol. The lowest BCUT2D eigenvalue weighted by Crippen LogP contribution is -2.35. The number of esters is 1. The van der Waals surface area contributed by atoms with E-state index < -0.39 is 17.7 Å². The fourth-order valence-corrected chi connectivity index (χ4v) is 2.86. The summed E-state index contributed by atoms with van der Waals surface area (Å²) in [7, 11) is 1.32. The van der Waals surface area contributed by atoms with Gasteiger partial charge in [0, 0.05) is 0 Å². The lowest BCUT2D eigenvalue weighted by Gasteiger charge is -2.32. The number of methoxy groups -OCH3 is 1. The van der Waals surface area contributed by atoms with Gasteiger partial charge in [-0.15, -0.1) is 0 Å². The van der Waals surface area contributed by atoms with Crippen molar-refractivity contribution in [3.8, 4) is 0 Å². The van der Waals surface area contributed by atoms with E-state index in [1.165, 1.54) is 7.11 Å². The molecule has 2 N–H and O–H groups in total. The Bertz CT molecular complexity index is 336. The SMILES string of the molecule is CC/C=C/[C@H](CC)C[C@](C)(O)C[C@@H](CC)[C@@H](O)CC(=O)OC. The molecule has 0 aromatic carbocycles. The first-order chi connectivity index (χ1) is 10.3. The summed E-state index contributed by atoms with van der Waals surface area (Å²) < 4.78 is 4.60. The number of aliphatic hydroxyl groups is 2. The molecule has 0 aliphatic heterocycles. The zero-order valence-corrected chi connectivity index (χ0v) is 14.8. The average molecular weight is 314 g/mol. The molecule has 0 fully saturated rings. The number of hydrogen-bond donors (Lipinski definition) is 2. The van der Waals surface area contributed by atoms with Crippen molar-refractivity contribution in [1.82, 2.24) is 0 Å². The molecule has 0 aliphatic carbocycles. The van der Waals surface area contributed by atoms with Crippen LogP contribution in [0.1, 0.15) is 66.2 Å². The first-order valence-corrected chi connectivity index (χ1v) is 8.43. The normalized spacial score (nSPS) is 18.7. The molecule has 130 valence electrons. The molecule has 0 aliphatic rings. The molecule has 4 atom stereocenters. The minimum atomic E-state index is -0.851. The molecule has 0 unspecified atom stereocenters. The third-order valence-electron chi connectivity index (χ3n) is 4.24. The highest BCUT2D eigenvalue weighted by Gasteiger charge is 2.31. The summed E-state index contributed by atoms with van der Waals surface area (Å²) in [4.78, 5) is 11.3. The van der Waals surface area contributed by atoms with Crippen LogP contribution in [-0.2, 0) is 9.53 Å². The van der Waals surface area contributed by atoms with Crippen molar-refractivity contribution in [2.24, 2.45) is 11.8 Å². The van der Waals surface area contributed by atoms with Gasteiger partial charge in [0.15, 0.2) is 0 Å². The molecule has 22 heavy (non-hydrogen) atoms. The van der Waals surface area contributed by atoms with Crippen molar-refractivity contribution >= 4 is 5.97 Å². The second-order valence-electron chi connectivity index (χ2n) is 6.43. The number of ether oxygens (including phenoxy) is 1. The molecule has 0 heterocycles. The summed E-state index contributed by atoms with van der Waals surface area (Å²) in [5, 5.41) is 20.9. The Morgan fingerprint density at radius 1 is 1.23 bits per heavy atom. The molecule has 0 saturated heterocycles. The number of aliphatic hydroxyl groups excluding tert-OH is 1. The molecule has 0 bridgehead atoms. The minimum Gasteiger partial charge on any atom is -0.469 e. The molecule has 0 aromatic heterocycles. The van der Waals surface area contributed by atoms with Crippen LogP contribution >= 0.6 is 0 Å². The molecule has 0 radical (unpaired) electrons. The summed E-state index contributed by atoms with van der Waals surface area (Å²) in [5.74, 6) is -0.185. The maximum atomic E-state index is 11.3. The predicted molar refractivity (Wildman–Crippen MR) is 89.5 cm³/mol. The van der Waals surface area contributed by atoms with Crippen LogP contribution in [0.3, 0.4) is 0 Å². The van der Waals surface area contributed by atoms with Crippen LogP contribution in [0.25, 0.3) is 0 Å². The van der Waals surface area contributed by atoms with Gasteiger partial charge in [0.1, 0.15) is 0 Å². The van der Waals surface area contributed by atoms with E-state index in [0.29, 0.717) is 18.8 Å². The zero-order chi connectivity index (χ0) is 17.2.